The van der Waals surface area contributed by atoms with E-state index < -0.39 is 0 Å². The van der Waals surface area contributed by atoms with E-state index in [1.165, 1.54) is 22.9 Å². The monoisotopic (exact) mass is 351 g/mol. The first kappa shape index (κ1) is 17.3. The van der Waals surface area contributed by atoms with Crippen LogP contribution in [0, 0.1) is 13.8 Å². The average Bonchev–Trinajstić information content (AvgIpc) is 3.03. The highest BCUT2D eigenvalue weighted by Gasteiger charge is 2.18. The van der Waals surface area contributed by atoms with E-state index in [4.69, 9.17) is 0 Å². The molecule has 0 aliphatic carbocycles. The Morgan fingerprint density at radius 2 is 1.92 bits per heavy atom. The summed E-state index contributed by atoms with van der Waals surface area (Å²) in [4.78, 5) is 16.9. The van der Waals surface area contributed by atoms with E-state index in [1.54, 1.807) is 6.20 Å². The number of nitrogens with one attached hydrogen (secondary N) is 1. The quantitative estimate of drug-likeness (QED) is 0.683. The van der Waals surface area contributed by atoms with Crippen molar-refractivity contribution in [2.45, 2.75) is 31.2 Å². The van der Waals surface area contributed by atoms with Crippen molar-refractivity contribution >= 4 is 23.4 Å². The van der Waals surface area contributed by atoms with Gasteiger partial charge in [-0.2, -0.15) is 0 Å². The maximum absolute atomic E-state index is 12.4. The smallest absolute Gasteiger partial charge is 0.237 e. The fourth-order valence-corrected chi connectivity index (χ4v) is 3.49. The molecule has 1 atom stereocenters. The third kappa shape index (κ3) is 4.12. The van der Waals surface area contributed by atoms with Gasteiger partial charge in [0.15, 0.2) is 5.16 Å². The standard InChI is InChI=1S/C20H21N3OS/c1-14-9-10-18(15(2)13-14)23-12-11-21-20(23)25-16(3)19(24)22-17-7-5-4-6-8-17/h4-13,16H,1-3H3,(H,22,24)/t16-/m0/s1. The number of rotatable bonds is 5. The fourth-order valence-electron chi connectivity index (χ4n) is 2.61. The Balaban J connectivity index is 1.75. The lowest BCUT2D eigenvalue weighted by Crippen LogP contribution is -2.22. The van der Waals surface area contributed by atoms with Crippen LogP contribution in [0.5, 0.6) is 0 Å². The number of carbonyl (C=O) groups excluding carboxylic acids is 1. The minimum absolute atomic E-state index is 0.0358. The number of para-hydroxylation sites is 1. The lowest BCUT2D eigenvalue weighted by atomic mass is 10.1. The molecule has 0 aliphatic heterocycles. The number of imidazole rings is 1. The van der Waals surface area contributed by atoms with Crippen LogP contribution in [-0.4, -0.2) is 20.7 Å². The van der Waals surface area contributed by atoms with Crippen molar-refractivity contribution in [2.75, 3.05) is 5.32 Å². The SMILES string of the molecule is Cc1ccc(-n2ccnc2S[C@@H](C)C(=O)Nc2ccccc2)c(C)c1. The van der Waals surface area contributed by atoms with E-state index in [2.05, 4.69) is 42.3 Å². The van der Waals surface area contributed by atoms with Crippen molar-refractivity contribution in [3.63, 3.8) is 0 Å². The van der Waals surface area contributed by atoms with Gasteiger partial charge in [0.25, 0.3) is 0 Å². The van der Waals surface area contributed by atoms with Crippen LogP contribution in [0.15, 0.2) is 66.1 Å². The summed E-state index contributed by atoms with van der Waals surface area (Å²) in [7, 11) is 0. The molecule has 0 radical (unpaired) electrons. The molecule has 4 nitrogen and oxygen atoms in total. The van der Waals surface area contributed by atoms with E-state index in [1.807, 2.05) is 48.0 Å². The van der Waals surface area contributed by atoms with Crippen molar-refractivity contribution in [2.24, 2.45) is 0 Å². The van der Waals surface area contributed by atoms with Gasteiger partial charge in [0.05, 0.1) is 10.9 Å². The molecule has 3 aromatic rings. The maximum atomic E-state index is 12.4. The molecule has 128 valence electrons. The van der Waals surface area contributed by atoms with Crippen LogP contribution in [0.25, 0.3) is 5.69 Å². The lowest BCUT2D eigenvalue weighted by Gasteiger charge is -2.14. The third-order valence-electron chi connectivity index (χ3n) is 3.91. The molecule has 25 heavy (non-hydrogen) atoms. The molecule has 5 heteroatoms. The molecule has 3 rings (SSSR count). The van der Waals surface area contributed by atoms with E-state index >= 15 is 0 Å². The number of amides is 1. The van der Waals surface area contributed by atoms with E-state index in [9.17, 15) is 4.79 Å². The summed E-state index contributed by atoms with van der Waals surface area (Å²) in [6.07, 6.45) is 3.70. The van der Waals surface area contributed by atoms with Crippen LogP contribution in [0.3, 0.4) is 0 Å². The Morgan fingerprint density at radius 1 is 1.16 bits per heavy atom. The van der Waals surface area contributed by atoms with Crippen LogP contribution in [0.1, 0.15) is 18.1 Å². The van der Waals surface area contributed by atoms with Crippen molar-refractivity contribution in [3.05, 3.63) is 72.1 Å². The number of hydrogen-bond donors (Lipinski definition) is 1. The first-order valence-electron chi connectivity index (χ1n) is 8.18. The summed E-state index contributed by atoms with van der Waals surface area (Å²) in [5, 5.41) is 3.49. The van der Waals surface area contributed by atoms with Gasteiger partial charge in [0.1, 0.15) is 0 Å². The summed E-state index contributed by atoms with van der Waals surface area (Å²) in [6.45, 7) is 6.06. The van der Waals surface area contributed by atoms with Gasteiger partial charge in [-0.05, 0) is 44.5 Å². The highest BCUT2D eigenvalue weighted by atomic mass is 32.2. The van der Waals surface area contributed by atoms with Gasteiger partial charge in [-0.1, -0.05) is 47.7 Å². The van der Waals surface area contributed by atoms with E-state index in [0.29, 0.717) is 0 Å². The summed E-state index contributed by atoms with van der Waals surface area (Å²) in [6, 6.07) is 15.8. The Morgan fingerprint density at radius 3 is 2.64 bits per heavy atom. The second-order valence-electron chi connectivity index (χ2n) is 5.99. The Bertz CT molecular complexity index is 874. The first-order chi connectivity index (χ1) is 12.0. The molecule has 1 heterocycles. The fraction of sp³-hybridized carbons (Fsp3) is 0.200. The van der Waals surface area contributed by atoms with Crippen LogP contribution >= 0.6 is 11.8 Å². The van der Waals surface area contributed by atoms with E-state index in [0.717, 1.165) is 16.5 Å². The zero-order valence-corrected chi connectivity index (χ0v) is 15.4. The predicted octanol–water partition coefficient (Wildman–Crippen LogP) is 4.61. The second kappa shape index (κ2) is 7.57. The molecule has 0 bridgehead atoms. The van der Waals surface area contributed by atoms with Crippen molar-refractivity contribution in [1.82, 2.24) is 9.55 Å². The minimum atomic E-state index is -0.257. The maximum Gasteiger partial charge on any atom is 0.237 e. The summed E-state index contributed by atoms with van der Waals surface area (Å²) in [5.74, 6) is -0.0358. The molecule has 0 aliphatic rings. The summed E-state index contributed by atoms with van der Waals surface area (Å²) in [5.41, 5.74) is 4.30. The lowest BCUT2D eigenvalue weighted by molar-refractivity contribution is -0.115. The number of aryl methyl sites for hydroxylation is 2. The van der Waals surface area contributed by atoms with Crippen LogP contribution in [-0.2, 0) is 4.79 Å². The minimum Gasteiger partial charge on any atom is -0.325 e. The zero-order chi connectivity index (χ0) is 17.8. The van der Waals surface area contributed by atoms with Crippen molar-refractivity contribution < 1.29 is 4.79 Å². The number of aromatic nitrogens is 2. The molecular formula is C20H21N3OS. The highest BCUT2D eigenvalue weighted by Crippen LogP contribution is 2.27. The number of benzene rings is 2. The van der Waals surface area contributed by atoms with Gasteiger partial charge in [0, 0.05) is 18.1 Å². The topological polar surface area (TPSA) is 46.9 Å². The van der Waals surface area contributed by atoms with Crippen molar-refractivity contribution in [1.29, 1.82) is 0 Å². The molecular weight excluding hydrogens is 330 g/mol. The first-order valence-corrected chi connectivity index (χ1v) is 9.06. The Hall–Kier alpha value is -2.53. The van der Waals surface area contributed by atoms with E-state index in [-0.39, 0.29) is 11.2 Å². The predicted molar refractivity (Wildman–Crippen MR) is 103 cm³/mol. The summed E-state index contributed by atoms with van der Waals surface area (Å²) < 4.78 is 2.03. The van der Waals surface area contributed by atoms with Crippen LogP contribution in [0.2, 0.25) is 0 Å². The van der Waals surface area contributed by atoms with Gasteiger partial charge in [0.2, 0.25) is 5.91 Å². The number of hydrogen-bond acceptors (Lipinski definition) is 3. The molecule has 0 fully saturated rings. The summed E-state index contributed by atoms with van der Waals surface area (Å²) >= 11 is 1.45. The Kier molecular flexibility index (Phi) is 5.24. The number of nitrogens with zero attached hydrogens (tertiary/aromatic N) is 2. The molecule has 0 unspecified atom stereocenters. The molecule has 1 amide bonds. The third-order valence-corrected chi connectivity index (χ3v) is 4.99. The largest absolute Gasteiger partial charge is 0.325 e. The van der Waals surface area contributed by atoms with Crippen LogP contribution < -0.4 is 5.32 Å². The average molecular weight is 351 g/mol. The molecule has 0 saturated carbocycles. The molecule has 0 spiro atoms. The zero-order valence-electron chi connectivity index (χ0n) is 14.6. The van der Waals surface area contributed by atoms with Crippen molar-refractivity contribution in [3.8, 4) is 5.69 Å². The normalized spacial score (nSPS) is 12.0. The van der Waals surface area contributed by atoms with Gasteiger partial charge < -0.3 is 5.32 Å². The van der Waals surface area contributed by atoms with Gasteiger partial charge in [-0.15, -0.1) is 0 Å². The second-order valence-corrected chi connectivity index (χ2v) is 7.29. The number of anilines is 1. The van der Waals surface area contributed by atoms with Gasteiger partial charge in [-0.3, -0.25) is 9.36 Å². The number of carbonyl (C=O) groups is 1. The molecule has 1 aromatic heterocycles. The highest BCUT2D eigenvalue weighted by molar-refractivity contribution is 8.00. The molecule has 1 N–H and O–H groups in total. The molecule has 2 aromatic carbocycles. The number of thioether (sulfide) groups is 1. The van der Waals surface area contributed by atoms with Crippen LogP contribution in [0.4, 0.5) is 5.69 Å². The van der Waals surface area contributed by atoms with Gasteiger partial charge >= 0.3 is 0 Å². The molecule has 0 saturated heterocycles. The van der Waals surface area contributed by atoms with Gasteiger partial charge in [-0.25, -0.2) is 4.98 Å². The Labute approximate surface area is 152 Å².